The first-order chi connectivity index (χ1) is 15.6. The average Bonchev–Trinajstić information content (AvgIpc) is 2.94. The predicted octanol–water partition coefficient (Wildman–Crippen LogP) is 10.7. The number of fused-ring (bicyclic) bond motifs is 3. The lowest BCUT2D eigenvalue weighted by molar-refractivity contribution is 0.646. The molecule has 0 atom stereocenters. The molecule has 0 radical (unpaired) electrons. The molecule has 3 aromatic rings. The van der Waals surface area contributed by atoms with Gasteiger partial charge in [0.1, 0.15) is 11.2 Å². The molecule has 0 bridgehead atoms. The van der Waals surface area contributed by atoms with Crippen LogP contribution in [0.15, 0.2) is 32.7 Å². The van der Waals surface area contributed by atoms with Crippen LogP contribution in [0.2, 0.25) is 0 Å². The van der Waals surface area contributed by atoms with Gasteiger partial charge in [0.05, 0.1) is 0 Å². The van der Waals surface area contributed by atoms with Gasteiger partial charge in [0.2, 0.25) is 0 Å². The molecule has 1 aromatic heterocycles. The molecule has 0 unspecified atom stereocenters. The van der Waals surface area contributed by atoms with Crippen LogP contribution in [0.3, 0.4) is 0 Å². The first-order valence-corrected chi connectivity index (χ1v) is 14.8. The van der Waals surface area contributed by atoms with Crippen molar-refractivity contribution in [1.29, 1.82) is 0 Å². The van der Waals surface area contributed by atoms with Gasteiger partial charge >= 0.3 is 7.37 Å². The summed E-state index contributed by atoms with van der Waals surface area (Å²) in [4.78, 5) is 0. The molecule has 0 saturated heterocycles. The van der Waals surface area contributed by atoms with Crippen LogP contribution in [0.4, 0.5) is 0 Å². The first-order valence-electron chi connectivity index (χ1n) is 12.7. The van der Waals surface area contributed by atoms with Crippen LogP contribution < -0.4 is 0 Å². The number of rotatable bonds is 12. The van der Waals surface area contributed by atoms with E-state index < -0.39 is 7.37 Å². The largest absolute Gasteiger partial charge is 0.408 e. The number of hydrogen-bond donors (Lipinski definition) is 0. The molecule has 2 aromatic carbocycles. The van der Waals surface area contributed by atoms with Crippen LogP contribution in [0, 0.1) is 0 Å². The van der Waals surface area contributed by atoms with Crippen LogP contribution in [0.1, 0.15) is 101 Å². The van der Waals surface area contributed by atoms with E-state index in [2.05, 4.69) is 52.0 Å². The SMILES string of the molecule is CCCCc1cc(CCCC)c2op(Cl)oc3c(CCCC)cc(CCCC)cc3c2c1. The van der Waals surface area contributed by atoms with Gasteiger partial charge in [-0.05, 0) is 85.8 Å². The predicted molar refractivity (Wildman–Crippen MR) is 142 cm³/mol. The summed E-state index contributed by atoms with van der Waals surface area (Å²) in [5, 5.41) is 2.36. The van der Waals surface area contributed by atoms with Crippen molar-refractivity contribution < 1.29 is 8.39 Å². The Hall–Kier alpha value is -1.37. The van der Waals surface area contributed by atoms with Crippen molar-refractivity contribution in [3.63, 3.8) is 0 Å². The molecule has 0 saturated carbocycles. The lowest BCUT2D eigenvalue weighted by Gasteiger charge is -2.11. The average molecular weight is 475 g/mol. The van der Waals surface area contributed by atoms with Crippen LogP contribution in [0.25, 0.3) is 21.9 Å². The molecular formula is C28H40ClO2P. The highest BCUT2D eigenvalue weighted by molar-refractivity contribution is 7.68. The Bertz CT molecular complexity index is 972. The second-order valence-electron chi connectivity index (χ2n) is 9.07. The molecule has 32 heavy (non-hydrogen) atoms. The van der Waals surface area contributed by atoms with E-state index in [-0.39, 0.29) is 0 Å². The number of benzene rings is 2. The van der Waals surface area contributed by atoms with E-state index in [1.807, 2.05) is 0 Å². The molecule has 4 heteroatoms. The van der Waals surface area contributed by atoms with E-state index in [4.69, 9.17) is 19.6 Å². The zero-order chi connectivity index (χ0) is 22.9. The van der Waals surface area contributed by atoms with E-state index in [0.717, 1.165) is 49.7 Å². The number of hydrogen-bond acceptors (Lipinski definition) is 2. The highest BCUT2D eigenvalue weighted by Crippen LogP contribution is 2.41. The van der Waals surface area contributed by atoms with Crippen LogP contribution >= 0.6 is 18.6 Å². The molecular weight excluding hydrogens is 435 g/mol. The van der Waals surface area contributed by atoms with Gasteiger partial charge in [-0.3, -0.25) is 0 Å². The molecule has 0 aliphatic heterocycles. The maximum absolute atomic E-state index is 6.66. The fraction of sp³-hybridized carbons (Fsp3) is 0.571. The normalized spacial score (nSPS) is 11.5. The van der Waals surface area contributed by atoms with Gasteiger partial charge in [0.15, 0.2) is 0 Å². The summed E-state index contributed by atoms with van der Waals surface area (Å²) in [6.45, 7) is 9.00. The van der Waals surface area contributed by atoms with Crippen molar-refractivity contribution in [3.05, 3.63) is 46.5 Å². The Balaban J connectivity index is 2.36. The molecule has 2 nitrogen and oxygen atoms in total. The topological polar surface area (TPSA) is 26.3 Å². The third kappa shape index (κ3) is 6.36. The van der Waals surface area contributed by atoms with Gasteiger partial charge in [0, 0.05) is 22.0 Å². The van der Waals surface area contributed by atoms with Crippen molar-refractivity contribution in [2.45, 2.75) is 105 Å². The second kappa shape index (κ2) is 12.8. The standard InChI is InChI=1S/C28H40ClO2P/c1-5-9-13-21-17-23(15-11-7-3)27-25(19-21)26-20-22(14-10-6-2)18-24(16-12-8-4)28(26)31-32(29)30-27/h17-20H,5-16H2,1-4H3. The molecule has 176 valence electrons. The first kappa shape index (κ1) is 25.3. The van der Waals surface area contributed by atoms with Gasteiger partial charge < -0.3 is 8.39 Å². The van der Waals surface area contributed by atoms with Crippen molar-refractivity contribution in [2.24, 2.45) is 0 Å². The van der Waals surface area contributed by atoms with Gasteiger partial charge in [-0.25, -0.2) is 0 Å². The minimum absolute atomic E-state index is 0.952. The Morgan fingerprint density at radius 2 is 0.969 bits per heavy atom. The summed E-state index contributed by atoms with van der Waals surface area (Å²) in [5.41, 5.74) is 7.28. The van der Waals surface area contributed by atoms with Gasteiger partial charge in [-0.15, -0.1) is 0 Å². The molecule has 1 heterocycles. The van der Waals surface area contributed by atoms with E-state index in [9.17, 15) is 0 Å². The summed E-state index contributed by atoms with van der Waals surface area (Å²) in [5.74, 6) is 0. The molecule has 3 rings (SSSR count). The molecule has 0 aliphatic rings. The Labute approximate surface area is 200 Å². The van der Waals surface area contributed by atoms with Crippen molar-refractivity contribution in [3.8, 4) is 0 Å². The van der Waals surface area contributed by atoms with Crippen LogP contribution in [-0.4, -0.2) is 0 Å². The number of halogens is 1. The zero-order valence-electron chi connectivity index (χ0n) is 20.4. The van der Waals surface area contributed by atoms with Gasteiger partial charge in [-0.2, -0.15) is 0 Å². The van der Waals surface area contributed by atoms with E-state index in [1.54, 1.807) is 0 Å². The van der Waals surface area contributed by atoms with Crippen LogP contribution in [0.5, 0.6) is 0 Å². The molecule has 0 N–H and O–H groups in total. The Morgan fingerprint density at radius 1 is 0.594 bits per heavy atom. The Morgan fingerprint density at radius 3 is 1.34 bits per heavy atom. The van der Waals surface area contributed by atoms with Gasteiger partial charge in [0.25, 0.3) is 0 Å². The molecule has 0 amide bonds. The molecule has 0 spiro atoms. The van der Waals surface area contributed by atoms with E-state index in [1.165, 1.54) is 71.6 Å². The maximum atomic E-state index is 6.66. The van der Waals surface area contributed by atoms with Crippen molar-refractivity contribution in [2.75, 3.05) is 0 Å². The third-order valence-electron chi connectivity index (χ3n) is 6.30. The van der Waals surface area contributed by atoms with Crippen LogP contribution in [-0.2, 0) is 25.7 Å². The maximum Gasteiger partial charge on any atom is 0.327 e. The summed E-state index contributed by atoms with van der Waals surface area (Å²) in [6, 6.07) is 9.41. The minimum Gasteiger partial charge on any atom is -0.408 e. The molecule has 0 fully saturated rings. The highest BCUT2D eigenvalue weighted by atomic mass is 35.7. The quantitative estimate of drug-likeness (QED) is 0.261. The Kier molecular flexibility index (Phi) is 10.1. The van der Waals surface area contributed by atoms with E-state index >= 15 is 0 Å². The fourth-order valence-corrected chi connectivity index (χ4v) is 5.61. The lowest BCUT2D eigenvalue weighted by Crippen LogP contribution is -1.94. The van der Waals surface area contributed by atoms with Crippen molar-refractivity contribution >= 4 is 40.5 Å². The summed E-state index contributed by atoms with van der Waals surface area (Å²) in [7, 11) is -1.52. The fourth-order valence-electron chi connectivity index (χ4n) is 4.44. The van der Waals surface area contributed by atoms with Crippen molar-refractivity contribution in [1.82, 2.24) is 0 Å². The monoisotopic (exact) mass is 474 g/mol. The third-order valence-corrected chi connectivity index (χ3v) is 7.37. The minimum atomic E-state index is -1.52. The van der Waals surface area contributed by atoms with E-state index in [0.29, 0.717) is 0 Å². The zero-order valence-corrected chi connectivity index (χ0v) is 22.1. The second-order valence-corrected chi connectivity index (χ2v) is 10.7. The highest BCUT2D eigenvalue weighted by Gasteiger charge is 2.15. The van der Waals surface area contributed by atoms with Gasteiger partial charge in [-0.1, -0.05) is 65.5 Å². The summed E-state index contributed by atoms with van der Waals surface area (Å²) < 4.78 is 12.6. The number of unbranched alkanes of at least 4 members (excludes halogenated alkanes) is 4. The number of aryl methyl sites for hydroxylation is 4. The lowest BCUT2D eigenvalue weighted by atomic mass is 9.94. The smallest absolute Gasteiger partial charge is 0.327 e. The summed E-state index contributed by atoms with van der Waals surface area (Å²) >= 11 is 6.66. The molecule has 0 aliphatic carbocycles. The summed E-state index contributed by atoms with van der Waals surface area (Å²) in [6.07, 6.45) is 13.7.